The van der Waals surface area contributed by atoms with E-state index in [0.717, 1.165) is 16.9 Å². The number of hydrogen-bond donors (Lipinski definition) is 1. The lowest BCUT2D eigenvalue weighted by molar-refractivity contribution is -0.117. The Hall–Kier alpha value is -2.67. The number of rotatable bonds is 4. The van der Waals surface area contributed by atoms with E-state index in [4.69, 9.17) is 11.6 Å². The van der Waals surface area contributed by atoms with Gasteiger partial charge in [-0.25, -0.2) is 0 Å². The zero-order valence-corrected chi connectivity index (χ0v) is 14.3. The van der Waals surface area contributed by atoms with Gasteiger partial charge in [0.25, 0.3) is 0 Å². The molecule has 1 N–H and O–H groups in total. The number of carbonyl (C=O) groups excluding carboxylic acids is 1. The fraction of sp³-hybridized carbons (Fsp3) is 0.250. The van der Waals surface area contributed by atoms with Crippen molar-refractivity contribution in [3.63, 3.8) is 0 Å². The van der Waals surface area contributed by atoms with Gasteiger partial charge in [-0.3, -0.25) is 13.9 Å². The third kappa shape index (κ3) is 3.03. The summed E-state index contributed by atoms with van der Waals surface area (Å²) in [5.41, 5.74) is 2.24. The summed E-state index contributed by atoms with van der Waals surface area (Å²) in [6, 6.07) is 5.35. The number of aryl methyl sites for hydroxylation is 2. The van der Waals surface area contributed by atoms with Gasteiger partial charge in [-0.2, -0.15) is 5.10 Å². The Morgan fingerprint density at radius 1 is 1.38 bits per heavy atom. The number of aromatic nitrogens is 5. The molecule has 3 aromatic heterocycles. The Morgan fingerprint density at radius 2 is 2.17 bits per heavy atom. The van der Waals surface area contributed by atoms with Gasteiger partial charge >= 0.3 is 0 Å². The molecule has 0 aliphatic heterocycles. The zero-order chi connectivity index (χ0) is 17.3. The van der Waals surface area contributed by atoms with E-state index in [1.54, 1.807) is 17.8 Å². The van der Waals surface area contributed by atoms with Crippen molar-refractivity contribution in [1.82, 2.24) is 29.7 Å². The first-order valence-electron chi connectivity index (χ1n) is 7.44. The molecule has 0 radical (unpaired) electrons. The minimum atomic E-state index is -0.287. The van der Waals surface area contributed by atoms with Crippen molar-refractivity contribution in [2.45, 2.75) is 19.9 Å². The van der Waals surface area contributed by atoms with Crippen LogP contribution in [-0.2, 0) is 11.8 Å². The lowest BCUT2D eigenvalue weighted by atomic mass is 10.2. The molecule has 3 aromatic rings. The lowest BCUT2D eigenvalue weighted by Gasteiger charge is -2.10. The van der Waals surface area contributed by atoms with Gasteiger partial charge < -0.3 is 5.32 Å². The minimum Gasteiger partial charge on any atom is -0.343 e. The van der Waals surface area contributed by atoms with Crippen LogP contribution in [0.3, 0.4) is 0 Å². The Balaban J connectivity index is 1.73. The molecule has 1 amide bonds. The third-order valence-corrected chi connectivity index (χ3v) is 4.13. The summed E-state index contributed by atoms with van der Waals surface area (Å²) in [4.78, 5) is 12.2. The van der Waals surface area contributed by atoms with Crippen LogP contribution in [0.1, 0.15) is 30.0 Å². The Labute approximate surface area is 144 Å². The smallest absolute Gasteiger partial charge is 0.244 e. The molecular weight excluding hydrogens is 328 g/mol. The van der Waals surface area contributed by atoms with Crippen molar-refractivity contribution >= 4 is 29.2 Å². The molecule has 1 atom stereocenters. The number of hydrogen-bond acceptors (Lipinski definition) is 4. The SMILES string of the molecule is Cc1nn(C)c(Cl)c1/C=C/C(=O)NC(C)c1nnc2ccccn12. The number of nitrogens with zero attached hydrogens (tertiary/aromatic N) is 5. The van der Waals surface area contributed by atoms with E-state index in [9.17, 15) is 4.79 Å². The van der Waals surface area contributed by atoms with Crippen molar-refractivity contribution in [3.05, 3.63) is 52.7 Å². The van der Waals surface area contributed by atoms with Gasteiger partial charge in [-0.1, -0.05) is 17.7 Å². The molecule has 8 heteroatoms. The molecule has 0 aromatic carbocycles. The highest BCUT2D eigenvalue weighted by Crippen LogP contribution is 2.20. The molecule has 0 saturated heterocycles. The summed E-state index contributed by atoms with van der Waals surface area (Å²) in [5, 5.41) is 15.8. The highest BCUT2D eigenvalue weighted by molar-refractivity contribution is 6.31. The van der Waals surface area contributed by atoms with Gasteiger partial charge in [0, 0.05) is 24.9 Å². The molecule has 0 saturated carbocycles. The van der Waals surface area contributed by atoms with Gasteiger partial charge in [-0.15, -0.1) is 10.2 Å². The average molecular weight is 345 g/mol. The molecule has 0 spiro atoms. The van der Waals surface area contributed by atoms with E-state index in [2.05, 4.69) is 20.6 Å². The van der Waals surface area contributed by atoms with Crippen molar-refractivity contribution < 1.29 is 4.79 Å². The number of carbonyl (C=O) groups is 1. The highest BCUT2D eigenvalue weighted by Gasteiger charge is 2.15. The number of halogens is 1. The van der Waals surface area contributed by atoms with E-state index in [-0.39, 0.29) is 11.9 Å². The summed E-state index contributed by atoms with van der Waals surface area (Å²) < 4.78 is 3.41. The first-order valence-corrected chi connectivity index (χ1v) is 7.82. The maximum absolute atomic E-state index is 12.2. The van der Waals surface area contributed by atoms with Crippen LogP contribution in [0, 0.1) is 6.92 Å². The van der Waals surface area contributed by atoms with Gasteiger partial charge in [0.1, 0.15) is 5.15 Å². The van der Waals surface area contributed by atoms with Crippen molar-refractivity contribution in [2.24, 2.45) is 7.05 Å². The van der Waals surface area contributed by atoms with E-state index < -0.39 is 0 Å². The number of fused-ring (bicyclic) bond motifs is 1. The van der Waals surface area contributed by atoms with Crippen LogP contribution in [0.25, 0.3) is 11.7 Å². The van der Waals surface area contributed by atoms with E-state index in [1.807, 2.05) is 42.6 Å². The topological polar surface area (TPSA) is 77.1 Å². The second kappa shape index (κ2) is 6.45. The fourth-order valence-electron chi connectivity index (χ4n) is 2.48. The first kappa shape index (κ1) is 16.2. The van der Waals surface area contributed by atoms with E-state index in [0.29, 0.717) is 11.0 Å². The van der Waals surface area contributed by atoms with Crippen molar-refractivity contribution in [2.75, 3.05) is 0 Å². The molecule has 124 valence electrons. The second-order valence-electron chi connectivity index (χ2n) is 5.46. The van der Waals surface area contributed by atoms with Crippen molar-refractivity contribution in [3.8, 4) is 0 Å². The summed E-state index contributed by atoms with van der Waals surface area (Å²) in [6.45, 7) is 3.70. The highest BCUT2D eigenvalue weighted by atomic mass is 35.5. The molecule has 1 unspecified atom stereocenters. The van der Waals surface area contributed by atoms with E-state index in [1.165, 1.54) is 6.08 Å². The summed E-state index contributed by atoms with van der Waals surface area (Å²) in [7, 11) is 1.76. The third-order valence-electron chi connectivity index (χ3n) is 3.68. The molecule has 3 heterocycles. The Bertz CT molecular complexity index is 926. The molecule has 0 aliphatic rings. The summed E-state index contributed by atoms with van der Waals surface area (Å²) in [6.07, 6.45) is 4.96. The molecular formula is C16H17ClN6O. The van der Waals surface area contributed by atoms with Crippen LogP contribution < -0.4 is 5.32 Å². The summed E-state index contributed by atoms with van der Waals surface area (Å²) in [5.74, 6) is 0.428. The standard InChI is InChI=1S/C16H17ClN6O/c1-10-12(15(17)22(3)21-10)7-8-14(24)18-11(2)16-20-19-13-6-4-5-9-23(13)16/h4-9,11H,1-3H3,(H,18,24)/b8-7+. The quantitative estimate of drug-likeness (QED) is 0.737. The van der Waals surface area contributed by atoms with Gasteiger partial charge in [0.2, 0.25) is 5.91 Å². The first-order chi connectivity index (χ1) is 11.5. The minimum absolute atomic E-state index is 0.241. The number of pyridine rings is 1. The van der Waals surface area contributed by atoms with Crippen LogP contribution in [-0.4, -0.2) is 30.3 Å². The lowest BCUT2D eigenvalue weighted by Crippen LogP contribution is -2.26. The summed E-state index contributed by atoms with van der Waals surface area (Å²) >= 11 is 6.15. The second-order valence-corrected chi connectivity index (χ2v) is 5.82. The largest absolute Gasteiger partial charge is 0.343 e. The fourth-order valence-corrected chi connectivity index (χ4v) is 2.71. The Kier molecular flexibility index (Phi) is 4.35. The predicted molar refractivity (Wildman–Crippen MR) is 91.5 cm³/mol. The maximum atomic E-state index is 12.2. The predicted octanol–water partition coefficient (Wildman–Crippen LogP) is 2.32. The molecule has 0 fully saturated rings. The average Bonchev–Trinajstić information content (AvgIpc) is 3.08. The van der Waals surface area contributed by atoms with Gasteiger partial charge in [0.15, 0.2) is 11.5 Å². The van der Waals surface area contributed by atoms with Gasteiger partial charge in [0.05, 0.1) is 11.7 Å². The van der Waals surface area contributed by atoms with Gasteiger partial charge in [-0.05, 0) is 32.1 Å². The van der Waals surface area contributed by atoms with Crippen LogP contribution in [0.4, 0.5) is 0 Å². The Morgan fingerprint density at radius 3 is 2.88 bits per heavy atom. The molecule has 3 rings (SSSR count). The van der Waals surface area contributed by atoms with Crippen LogP contribution >= 0.6 is 11.6 Å². The maximum Gasteiger partial charge on any atom is 0.244 e. The number of nitrogens with one attached hydrogen (secondary N) is 1. The normalized spacial score (nSPS) is 12.8. The number of amides is 1. The zero-order valence-electron chi connectivity index (χ0n) is 13.6. The van der Waals surface area contributed by atoms with Crippen molar-refractivity contribution in [1.29, 1.82) is 0 Å². The van der Waals surface area contributed by atoms with E-state index >= 15 is 0 Å². The molecule has 24 heavy (non-hydrogen) atoms. The van der Waals surface area contributed by atoms with Crippen LogP contribution in [0.5, 0.6) is 0 Å². The monoisotopic (exact) mass is 344 g/mol. The molecule has 0 aliphatic carbocycles. The van der Waals surface area contributed by atoms with Crippen LogP contribution in [0.2, 0.25) is 5.15 Å². The van der Waals surface area contributed by atoms with Crippen LogP contribution in [0.15, 0.2) is 30.5 Å². The molecule has 7 nitrogen and oxygen atoms in total. The molecule has 0 bridgehead atoms.